The Bertz CT molecular complexity index is 1110. The first-order chi connectivity index (χ1) is 17.0. The summed E-state index contributed by atoms with van der Waals surface area (Å²) < 4.78 is 55.8. The van der Waals surface area contributed by atoms with Crippen LogP contribution in [-0.4, -0.2) is 26.1 Å². The Hall–Kier alpha value is -2.83. The first-order valence-corrected chi connectivity index (χ1v) is 12.1. The molecule has 0 aliphatic carbocycles. The van der Waals surface area contributed by atoms with Crippen molar-refractivity contribution in [3.05, 3.63) is 89.8 Å². The summed E-state index contributed by atoms with van der Waals surface area (Å²) in [6.45, 7) is 2.35. The molecule has 1 aliphatic heterocycles. The first-order valence-electron chi connectivity index (χ1n) is 12.1. The second kappa shape index (κ2) is 12.2. The van der Waals surface area contributed by atoms with Gasteiger partial charge in [-0.1, -0.05) is 48.5 Å². The summed E-state index contributed by atoms with van der Waals surface area (Å²) in [6, 6.07) is 16.1. The van der Waals surface area contributed by atoms with Crippen molar-refractivity contribution in [3.8, 4) is 5.75 Å². The smallest absolute Gasteiger partial charge is 0.387 e. The van der Waals surface area contributed by atoms with Crippen LogP contribution in [0.5, 0.6) is 5.75 Å². The molecule has 0 aromatic heterocycles. The number of halogens is 3. The summed E-state index contributed by atoms with van der Waals surface area (Å²) in [5.74, 6) is 0.336. The van der Waals surface area contributed by atoms with Gasteiger partial charge in [-0.15, -0.1) is 6.58 Å². The number of aryl methyl sites for hydroxylation is 3. The molecule has 6 heteroatoms. The van der Waals surface area contributed by atoms with E-state index in [0.29, 0.717) is 29.7 Å². The largest absolute Gasteiger partial charge is 0.435 e. The topological polar surface area (TPSA) is 27.7 Å². The van der Waals surface area contributed by atoms with Crippen molar-refractivity contribution >= 4 is 10.8 Å². The fourth-order valence-corrected chi connectivity index (χ4v) is 4.41. The Morgan fingerprint density at radius 3 is 2.37 bits per heavy atom. The number of hydrogen-bond acceptors (Lipinski definition) is 3. The molecule has 4 rings (SSSR count). The molecule has 3 nitrogen and oxygen atoms in total. The predicted molar refractivity (Wildman–Crippen MR) is 131 cm³/mol. The number of fused-ring (bicyclic) bond motifs is 1. The fourth-order valence-electron chi connectivity index (χ4n) is 4.41. The van der Waals surface area contributed by atoms with E-state index in [1.165, 1.54) is 12.1 Å². The molecule has 1 heterocycles. The Morgan fingerprint density at radius 1 is 0.914 bits per heavy atom. The van der Waals surface area contributed by atoms with Gasteiger partial charge in [0, 0.05) is 17.7 Å². The van der Waals surface area contributed by atoms with E-state index in [0.717, 1.165) is 55.4 Å². The summed E-state index contributed by atoms with van der Waals surface area (Å²) in [5, 5.41) is 1.47. The summed E-state index contributed by atoms with van der Waals surface area (Å²) in [4.78, 5) is 0. The standard InChI is InChI=1S/C29H31F3O3/c1-2-3-4-22-18-33-27(34-19-22)16-9-21-8-15-26-24(17-21)12-11-23(28(26)30)10-5-20-6-13-25(14-7-20)35-29(31)32/h2,6-8,11-15,17,22,27,29H,1,3-5,9-10,16,18-19H2. The molecule has 3 aromatic carbocycles. The van der Waals surface area contributed by atoms with Gasteiger partial charge >= 0.3 is 6.61 Å². The molecule has 3 aromatic rings. The molecule has 0 radical (unpaired) electrons. The van der Waals surface area contributed by atoms with Crippen molar-refractivity contribution in [1.82, 2.24) is 0 Å². The third-order valence-electron chi connectivity index (χ3n) is 6.41. The molecule has 1 fully saturated rings. The average molecular weight is 485 g/mol. The van der Waals surface area contributed by atoms with Gasteiger partial charge in [-0.05, 0) is 66.3 Å². The molecule has 0 atom stereocenters. The van der Waals surface area contributed by atoms with E-state index in [-0.39, 0.29) is 17.9 Å². The van der Waals surface area contributed by atoms with Gasteiger partial charge < -0.3 is 14.2 Å². The van der Waals surface area contributed by atoms with Gasteiger partial charge in [0.15, 0.2) is 6.29 Å². The maximum atomic E-state index is 15.2. The molecule has 186 valence electrons. The maximum Gasteiger partial charge on any atom is 0.387 e. The number of rotatable bonds is 11. The van der Waals surface area contributed by atoms with Crippen molar-refractivity contribution in [3.63, 3.8) is 0 Å². The van der Waals surface area contributed by atoms with Crippen LogP contribution >= 0.6 is 0 Å². The highest BCUT2D eigenvalue weighted by Gasteiger charge is 2.21. The van der Waals surface area contributed by atoms with Crippen molar-refractivity contribution in [2.24, 2.45) is 5.92 Å². The van der Waals surface area contributed by atoms with Crippen LogP contribution in [-0.2, 0) is 28.7 Å². The lowest BCUT2D eigenvalue weighted by atomic mass is 9.98. The van der Waals surface area contributed by atoms with Crippen molar-refractivity contribution in [1.29, 1.82) is 0 Å². The molecule has 0 spiro atoms. The van der Waals surface area contributed by atoms with Crippen molar-refractivity contribution in [2.75, 3.05) is 13.2 Å². The van der Waals surface area contributed by atoms with Crippen LogP contribution in [0.3, 0.4) is 0 Å². The number of benzene rings is 3. The third-order valence-corrected chi connectivity index (χ3v) is 6.41. The zero-order valence-corrected chi connectivity index (χ0v) is 19.7. The van der Waals surface area contributed by atoms with Gasteiger partial charge in [0.1, 0.15) is 11.6 Å². The quantitative estimate of drug-likeness (QED) is 0.268. The lowest BCUT2D eigenvalue weighted by Gasteiger charge is -2.29. The molecule has 1 saturated heterocycles. The molecule has 0 bridgehead atoms. The van der Waals surface area contributed by atoms with Crippen LogP contribution < -0.4 is 4.74 Å². The summed E-state index contributed by atoms with van der Waals surface area (Å²) in [7, 11) is 0. The van der Waals surface area contributed by atoms with Gasteiger partial charge in [-0.3, -0.25) is 0 Å². The van der Waals surface area contributed by atoms with Crippen LogP contribution in [0.4, 0.5) is 13.2 Å². The Labute approximate surface area is 204 Å². The van der Waals surface area contributed by atoms with Gasteiger partial charge in [0.05, 0.1) is 13.2 Å². The molecular weight excluding hydrogens is 453 g/mol. The van der Waals surface area contributed by atoms with E-state index in [1.807, 2.05) is 36.4 Å². The van der Waals surface area contributed by atoms with E-state index >= 15 is 4.39 Å². The highest BCUT2D eigenvalue weighted by Crippen LogP contribution is 2.26. The Balaban J connectivity index is 1.31. The number of ether oxygens (including phenoxy) is 3. The Kier molecular flexibility index (Phi) is 8.83. The van der Waals surface area contributed by atoms with Gasteiger partial charge in [-0.25, -0.2) is 4.39 Å². The highest BCUT2D eigenvalue weighted by molar-refractivity contribution is 5.84. The van der Waals surface area contributed by atoms with E-state index in [1.54, 1.807) is 12.1 Å². The minimum Gasteiger partial charge on any atom is -0.435 e. The van der Waals surface area contributed by atoms with Crippen LogP contribution in [0.2, 0.25) is 0 Å². The summed E-state index contributed by atoms with van der Waals surface area (Å²) in [5.41, 5.74) is 2.69. The second-order valence-electron chi connectivity index (χ2n) is 8.98. The third kappa shape index (κ3) is 7.09. The van der Waals surface area contributed by atoms with Crippen LogP contribution in [0.25, 0.3) is 10.8 Å². The lowest BCUT2D eigenvalue weighted by Crippen LogP contribution is -2.32. The lowest BCUT2D eigenvalue weighted by molar-refractivity contribution is -0.203. The van der Waals surface area contributed by atoms with Crippen LogP contribution in [0.15, 0.2) is 67.3 Å². The zero-order valence-electron chi connectivity index (χ0n) is 19.7. The number of allylic oxidation sites excluding steroid dienone is 1. The first kappa shape index (κ1) is 25.3. The van der Waals surface area contributed by atoms with Crippen LogP contribution in [0.1, 0.15) is 36.0 Å². The van der Waals surface area contributed by atoms with E-state index in [2.05, 4.69) is 11.3 Å². The Morgan fingerprint density at radius 2 is 1.66 bits per heavy atom. The summed E-state index contributed by atoms with van der Waals surface area (Å²) in [6.07, 6.45) is 6.43. The fraction of sp³-hybridized carbons (Fsp3) is 0.379. The van der Waals surface area contributed by atoms with E-state index in [9.17, 15) is 8.78 Å². The van der Waals surface area contributed by atoms with Gasteiger partial charge in [0.25, 0.3) is 0 Å². The number of alkyl halides is 2. The molecule has 0 N–H and O–H groups in total. The predicted octanol–water partition coefficient (Wildman–Crippen LogP) is 7.25. The number of hydrogen-bond donors (Lipinski definition) is 0. The van der Waals surface area contributed by atoms with Gasteiger partial charge in [-0.2, -0.15) is 8.78 Å². The zero-order chi connectivity index (χ0) is 24.6. The minimum absolute atomic E-state index is 0.116. The van der Waals surface area contributed by atoms with Crippen molar-refractivity contribution in [2.45, 2.75) is 51.4 Å². The van der Waals surface area contributed by atoms with E-state index in [4.69, 9.17) is 9.47 Å². The molecule has 0 unspecified atom stereocenters. The minimum atomic E-state index is -2.85. The second-order valence-corrected chi connectivity index (χ2v) is 8.98. The molecule has 0 amide bonds. The van der Waals surface area contributed by atoms with Crippen LogP contribution in [0, 0.1) is 11.7 Å². The highest BCUT2D eigenvalue weighted by atomic mass is 19.3. The molecule has 0 saturated carbocycles. The SMILES string of the molecule is C=CCCC1COC(CCc2ccc3c(F)c(CCc4ccc(OC(F)F)cc4)ccc3c2)OC1. The maximum absolute atomic E-state index is 15.2. The average Bonchev–Trinajstić information content (AvgIpc) is 2.87. The van der Waals surface area contributed by atoms with Crippen molar-refractivity contribution < 1.29 is 27.4 Å². The summed E-state index contributed by atoms with van der Waals surface area (Å²) >= 11 is 0. The van der Waals surface area contributed by atoms with E-state index < -0.39 is 6.61 Å². The molecular formula is C29H31F3O3. The monoisotopic (exact) mass is 484 g/mol. The normalized spacial score (nSPS) is 18.2. The molecule has 1 aliphatic rings. The van der Waals surface area contributed by atoms with Gasteiger partial charge in [0.2, 0.25) is 0 Å². The molecule has 35 heavy (non-hydrogen) atoms.